The van der Waals surface area contributed by atoms with E-state index in [1.165, 1.54) is 4.68 Å². The Kier molecular flexibility index (Phi) is 5.21. The number of nitrogens with zero attached hydrogens (tertiary/aromatic N) is 5. The summed E-state index contributed by atoms with van der Waals surface area (Å²) in [7, 11) is 1.69. The first-order valence-corrected chi connectivity index (χ1v) is 9.00. The van der Waals surface area contributed by atoms with E-state index in [1.807, 2.05) is 17.7 Å². The number of rotatable bonds is 7. The minimum absolute atomic E-state index is 0.0477. The van der Waals surface area contributed by atoms with Crippen LogP contribution in [0.15, 0.2) is 16.7 Å². The fraction of sp³-hybridized carbons (Fsp3) is 0.562. The molecule has 0 radical (unpaired) electrons. The second-order valence-corrected chi connectivity index (χ2v) is 7.00. The average Bonchev–Trinajstić information content (AvgIpc) is 3.21. The lowest BCUT2D eigenvalue weighted by Gasteiger charge is -2.18. The summed E-state index contributed by atoms with van der Waals surface area (Å²) in [5, 5.41) is 8.16. The largest absolute Gasteiger partial charge is 0.338 e. The minimum atomic E-state index is -2.67. The van der Waals surface area contributed by atoms with E-state index >= 15 is 0 Å². The number of alkyl halides is 2. The van der Waals surface area contributed by atoms with Crippen LogP contribution in [0.5, 0.6) is 0 Å². The van der Waals surface area contributed by atoms with Crippen molar-refractivity contribution in [2.75, 3.05) is 7.05 Å². The van der Waals surface area contributed by atoms with Crippen LogP contribution in [-0.4, -0.2) is 37.4 Å². The minimum Gasteiger partial charge on any atom is -0.338 e. The first-order valence-electron chi connectivity index (χ1n) is 8.21. The van der Waals surface area contributed by atoms with Crippen molar-refractivity contribution in [2.45, 2.75) is 51.7 Å². The van der Waals surface area contributed by atoms with Gasteiger partial charge in [0.1, 0.15) is 12.2 Å². The lowest BCUT2D eigenvalue weighted by molar-refractivity contribution is -0.131. The highest BCUT2D eigenvalue weighted by atomic mass is 79.9. The number of aryl methyl sites for hydroxylation is 1. The summed E-state index contributed by atoms with van der Waals surface area (Å²) in [5.74, 6) is 0.0237. The van der Waals surface area contributed by atoms with Crippen LogP contribution in [0.1, 0.15) is 49.2 Å². The molecular weight excluding hydrogens is 396 g/mol. The lowest BCUT2D eigenvalue weighted by atomic mass is 10.2. The molecule has 136 valence electrons. The SMILES string of the molecule is CCn1nccc1CN(C)C(=O)Cn1nc(C(F)F)c(Br)c1C1CC1. The fourth-order valence-corrected chi connectivity index (χ4v) is 3.62. The zero-order valence-electron chi connectivity index (χ0n) is 14.1. The van der Waals surface area contributed by atoms with Crippen LogP contribution >= 0.6 is 15.9 Å². The molecule has 2 aromatic rings. The van der Waals surface area contributed by atoms with E-state index in [0.29, 0.717) is 16.7 Å². The molecule has 0 atom stereocenters. The van der Waals surface area contributed by atoms with E-state index in [0.717, 1.165) is 25.1 Å². The maximum absolute atomic E-state index is 13.1. The summed E-state index contributed by atoms with van der Waals surface area (Å²) in [6.07, 6.45) is 0.904. The molecule has 9 heteroatoms. The maximum Gasteiger partial charge on any atom is 0.283 e. The molecule has 1 aliphatic carbocycles. The van der Waals surface area contributed by atoms with Gasteiger partial charge >= 0.3 is 0 Å². The molecule has 1 fully saturated rings. The van der Waals surface area contributed by atoms with E-state index in [9.17, 15) is 13.6 Å². The summed E-state index contributed by atoms with van der Waals surface area (Å²) in [6.45, 7) is 3.07. The second-order valence-electron chi connectivity index (χ2n) is 6.21. The molecule has 0 bridgehead atoms. The Labute approximate surface area is 152 Å². The smallest absolute Gasteiger partial charge is 0.283 e. The van der Waals surface area contributed by atoms with Gasteiger partial charge in [-0.2, -0.15) is 10.2 Å². The van der Waals surface area contributed by atoms with Crippen molar-refractivity contribution in [3.05, 3.63) is 33.8 Å². The zero-order valence-corrected chi connectivity index (χ0v) is 15.7. The summed E-state index contributed by atoms with van der Waals surface area (Å²) in [4.78, 5) is 14.1. The Balaban J connectivity index is 1.75. The third-order valence-corrected chi connectivity index (χ3v) is 5.15. The highest BCUT2D eigenvalue weighted by Gasteiger charge is 2.34. The van der Waals surface area contributed by atoms with Gasteiger partial charge in [-0.3, -0.25) is 14.2 Å². The number of carbonyl (C=O) groups is 1. The monoisotopic (exact) mass is 415 g/mol. The highest BCUT2D eigenvalue weighted by molar-refractivity contribution is 9.10. The van der Waals surface area contributed by atoms with Crippen molar-refractivity contribution in [2.24, 2.45) is 0 Å². The highest BCUT2D eigenvalue weighted by Crippen LogP contribution is 2.45. The van der Waals surface area contributed by atoms with Crippen molar-refractivity contribution in [1.29, 1.82) is 0 Å². The molecule has 0 spiro atoms. The van der Waals surface area contributed by atoms with Crippen molar-refractivity contribution < 1.29 is 13.6 Å². The number of hydrogen-bond acceptors (Lipinski definition) is 3. The number of carbonyl (C=O) groups excluding carboxylic acids is 1. The molecule has 0 saturated heterocycles. The van der Waals surface area contributed by atoms with Gasteiger partial charge in [-0.25, -0.2) is 8.78 Å². The van der Waals surface area contributed by atoms with Crippen LogP contribution < -0.4 is 0 Å². The van der Waals surface area contributed by atoms with E-state index in [4.69, 9.17) is 0 Å². The molecule has 0 aromatic carbocycles. The van der Waals surface area contributed by atoms with Crippen molar-refractivity contribution >= 4 is 21.8 Å². The molecule has 1 aliphatic rings. The topological polar surface area (TPSA) is 56.0 Å². The molecule has 0 unspecified atom stereocenters. The zero-order chi connectivity index (χ0) is 18.1. The standard InChI is InChI=1S/C16H20BrF2N5O/c1-3-23-11(6-7-20-23)8-22(2)12(25)9-24-15(10-4-5-10)13(17)14(21-24)16(18)19/h6-7,10,16H,3-5,8-9H2,1-2H3. The molecule has 0 N–H and O–H groups in total. The van der Waals surface area contributed by atoms with Crippen molar-refractivity contribution in [1.82, 2.24) is 24.5 Å². The van der Waals surface area contributed by atoms with Crippen molar-refractivity contribution in [3.63, 3.8) is 0 Å². The van der Waals surface area contributed by atoms with Gasteiger partial charge in [0.2, 0.25) is 5.91 Å². The summed E-state index contributed by atoms with van der Waals surface area (Å²) < 4.78 is 29.8. The van der Waals surface area contributed by atoms with Gasteiger partial charge in [0.15, 0.2) is 0 Å². The Hall–Kier alpha value is -1.77. The summed E-state index contributed by atoms with van der Waals surface area (Å²) in [5.41, 5.74) is 1.34. The number of hydrogen-bond donors (Lipinski definition) is 0. The Morgan fingerprint density at radius 2 is 2.16 bits per heavy atom. The van der Waals surface area contributed by atoms with Gasteiger partial charge in [0, 0.05) is 25.7 Å². The van der Waals surface area contributed by atoms with E-state index in [2.05, 4.69) is 26.1 Å². The molecule has 1 saturated carbocycles. The first kappa shape index (κ1) is 18.0. The van der Waals surface area contributed by atoms with E-state index < -0.39 is 6.43 Å². The quantitative estimate of drug-likeness (QED) is 0.696. The molecule has 3 rings (SSSR count). The summed E-state index contributed by atoms with van der Waals surface area (Å²) >= 11 is 3.24. The third kappa shape index (κ3) is 3.75. The molecule has 6 nitrogen and oxygen atoms in total. The number of likely N-dealkylation sites (N-methyl/N-ethyl adjacent to an activating group) is 1. The number of amides is 1. The number of aromatic nitrogens is 4. The predicted octanol–water partition coefficient (Wildman–Crippen LogP) is 3.34. The van der Waals surface area contributed by atoms with E-state index in [-0.39, 0.29) is 24.1 Å². The maximum atomic E-state index is 13.1. The molecule has 2 heterocycles. The van der Waals surface area contributed by atoms with Crippen LogP contribution in [0.2, 0.25) is 0 Å². The Bertz CT molecular complexity index is 769. The first-order chi connectivity index (χ1) is 11.9. The normalized spacial score (nSPS) is 14.3. The van der Waals surface area contributed by atoms with Gasteiger partial charge in [0.25, 0.3) is 6.43 Å². The number of halogens is 3. The Morgan fingerprint density at radius 1 is 1.44 bits per heavy atom. The van der Waals surface area contributed by atoms with Crippen LogP contribution in [0.4, 0.5) is 8.78 Å². The predicted molar refractivity (Wildman–Crippen MR) is 91.2 cm³/mol. The summed E-state index contributed by atoms with van der Waals surface area (Å²) in [6, 6.07) is 1.86. The van der Waals surface area contributed by atoms with Crippen molar-refractivity contribution in [3.8, 4) is 0 Å². The van der Waals surface area contributed by atoms with Gasteiger partial charge < -0.3 is 4.90 Å². The van der Waals surface area contributed by atoms with Gasteiger partial charge in [-0.1, -0.05) is 0 Å². The van der Waals surface area contributed by atoms with E-state index in [1.54, 1.807) is 18.1 Å². The molecule has 2 aromatic heterocycles. The third-order valence-electron chi connectivity index (χ3n) is 4.34. The molecule has 1 amide bonds. The van der Waals surface area contributed by atoms with Gasteiger partial charge in [-0.05, 0) is 41.8 Å². The van der Waals surface area contributed by atoms with Gasteiger partial charge in [0.05, 0.1) is 22.4 Å². The van der Waals surface area contributed by atoms with Crippen LogP contribution in [-0.2, 0) is 24.4 Å². The Morgan fingerprint density at radius 3 is 2.76 bits per heavy atom. The molecule has 0 aliphatic heterocycles. The molecular formula is C16H20BrF2N5O. The van der Waals surface area contributed by atoms with Gasteiger partial charge in [-0.15, -0.1) is 0 Å². The van der Waals surface area contributed by atoms with Crippen LogP contribution in [0.3, 0.4) is 0 Å². The lowest BCUT2D eigenvalue weighted by Crippen LogP contribution is -2.31. The second kappa shape index (κ2) is 7.23. The van der Waals surface area contributed by atoms with Crippen LogP contribution in [0.25, 0.3) is 0 Å². The fourth-order valence-electron chi connectivity index (χ4n) is 2.84. The van der Waals surface area contributed by atoms with Crippen LogP contribution in [0, 0.1) is 0 Å². The average molecular weight is 416 g/mol. The molecule has 25 heavy (non-hydrogen) atoms.